The van der Waals surface area contributed by atoms with Crippen LogP contribution in [0.4, 0.5) is 4.39 Å². The molecule has 0 unspecified atom stereocenters. The molecule has 0 N–H and O–H groups in total. The lowest BCUT2D eigenvalue weighted by Gasteiger charge is -2.07. The van der Waals surface area contributed by atoms with Gasteiger partial charge < -0.3 is 9.15 Å². The van der Waals surface area contributed by atoms with Gasteiger partial charge in [0.2, 0.25) is 0 Å². The molecule has 29 heavy (non-hydrogen) atoms. The van der Waals surface area contributed by atoms with Crippen molar-refractivity contribution < 1.29 is 18.3 Å². The summed E-state index contributed by atoms with van der Waals surface area (Å²) in [5, 5.41) is 1.23. The minimum absolute atomic E-state index is 0.162. The Morgan fingerprint density at radius 2 is 1.69 bits per heavy atom. The Morgan fingerprint density at radius 3 is 2.41 bits per heavy atom. The number of carbonyl (C=O) groups excluding carboxylic acids is 1. The van der Waals surface area contributed by atoms with Crippen molar-refractivity contribution in [3.63, 3.8) is 0 Å². The van der Waals surface area contributed by atoms with E-state index < -0.39 is 5.63 Å². The Bertz CT molecular complexity index is 1240. The van der Waals surface area contributed by atoms with E-state index in [0.29, 0.717) is 38.4 Å². The zero-order valence-corrected chi connectivity index (χ0v) is 15.8. The molecule has 0 bridgehead atoms. The summed E-state index contributed by atoms with van der Waals surface area (Å²) in [4.78, 5) is 24.5. The van der Waals surface area contributed by atoms with Crippen LogP contribution in [0, 0.1) is 5.82 Å². The maximum atomic E-state index is 13.1. The second-order valence-electron chi connectivity index (χ2n) is 6.37. The van der Waals surface area contributed by atoms with Gasteiger partial charge in [-0.25, -0.2) is 9.18 Å². The Kier molecular flexibility index (Phi) is 5.14. The first-order valence-corrected chi connectivity index (χ1v) is 9.13. The minimum atomic E-state index is -0.543. The van der Waals surface area contributed by atoms with Gasteiger partial charge in [0, 0.05) is 22.0 Å². The molecular formula is C23H14ClFO4. The van der Waals surface area contributed by atoms with Gasteiger partial charge in [-0.3, -0.25) is 4.79 Å². The number of ether oxygens (including phenoxy) is 1. The van der Waals surface area contributed by atoms with Gasteiger partial charge in [0.25, 0.3) is 0 Å². The largest absolute Gasteiger partial charge is 0.485 e. The first-order chi connectivity index (χ1) is 14.0. The van der Waals surface area contributed by atoms with Crippen molar-refractivity contribution in [2.75, 3.05) is 6.61 Å². The van der Waals surface area contributed by atoms with Gasteiger partial charge >= 0.3 is 5.63 Å². The first kappa shape index (κ1) is 18.9. The van der Waals surface area contributed by atoms with E-state index in [1.54, 1.807) is 48.5 Å². The lowest BCUT2D eigenvalue weighted by Crippen LogP contribution is -2.11. The molecule has 0 atom stereocenters. The highest BCUT2D eigenvalue weighted by atomic mass is 35.5. The number of halogens is 2. The Labute approximate surface area is 170 Å². The zero-order valence-electron chi connectivity index (χ0n) is 15.0. The third-order valence-corrected chi connectivity index (χ3v) is 4.65. The highest BCUT2D eigenvalue weighted by molar-refractivity contribution is 6.30. The molecule has 0 radical (unpaired) electrons. The molecule has 3 aromatic carbocycles. The molecule has 4 nitrogen and oxygen atoms in total. The van der Waals surface area contributed by atoms with Crippen molar-refractivity contribution in [1.29, 1.82) is 0 Å². The number of hydrogen-bond acceptors (Lipinski definition) is 4. The van der Waals surface area contributed by atoms with Gasteiger partial charge in [-0.2, -0.15) is 0 Å². The molecule has 6 heteroatoms. The topological polar surface area (TPSA) is 56.5 Å². The van der Waals surface area contributed by atoms with Crippen LogP contribution in [-0.4, -0.2) is 12.4 Å². The number of ketones is 1. The second-order valence-corrected chi connectivity index (χ2v) is 6.81. The molecule has 144 valence electrons. The lowest BCUT2D eigenvalue weighted by atomic mass is 10.1. The van der Waals surface area contributed by atoms with Gasteiger partial charge in [-0.1, -0.05) is 23.7 Å². The van der Waals surface area contributed by atoms with Gasteiger partial charge in [0.1, 0.15) is 17.1 Å². The summed E-state index contributed by atoms with van der Waals surface area (Å²) in [7, 11) is 0. The van der Waals surface area contributed by atoms with Crippen molar-refractivity contribution in [2.24, 2.45) is 0 Å². The zero-order chi connectivity index (χ0) is 20.4. The molecule has 0 amide bonds. The summed E-state index contributed by atoms with van der Waals surface area (Å²) in [6, 6.07) is 18.8. The SMILES string of the molecule is O=C(COc1ccc2cc(-c3ccc(F)cc3)c(=O)oc2c1)c1ccc(Cl)cc1. The van der Waals surface area contributed by atoms with Crippen LogP contribution >= 0.6 is 11.6 Å². The molecule has 0 saturated heterocycles. The third-order valence-electron chi connectivity index (χ3n) is 4.40. The van der Waals surface area contributed by atoms with Gasteiger partial charge in [-0.15, -0.1) is 0 Å². The predicted octanol–water partition coefficient (Wildman–Crippen LogP) is 5.51. The van der Waals surface area contributed by atoms with E-state index >= 15 is 0 Å². The average Bonchev–Trinajstić information content (AvgIpc) is 2.72. The number of Topliss-reactive ketones (excluding diaryl/α,β-unsaturated/α-hetero) is 1. The molecule has 0 fully saturated rings. The molecule has 1 heterocycles. The van der Waals surface area contributed by atoms with Gasteiger partial charge in [0.15, 0.2) is 12.4 Å². The maximum Gasteiger partial charge on any atom is 0.344 e. The number of fused-ring (bicyclic) bond motifs is 1. The fraction of sp³-hybridized carbons (Fsp3) is 0.0435. The monoisotopic (exact) mass is 408 g/mol. The van der Waals surface area contributed by atoms with Gasteiger partial charge in [0.05, 0.1) is 5.56 Å². The second kappa shape index (κ2) is 7.89. The van der Waals surface area contributed by atoms with Crippen molar-refractivity contribution in [1.82, 2.24) is 0 Å². The van der Waals surface area contributed by atoms with Crippen molar-refractivity contribution in [3.8, 4) is 16.9 Å². The standard InChI is InChI=1S/C23H14ClFO4/c24-17-6-1-15(2-7-17)21(26)13-28-19-10-5-16-11-20(23(27)29-22(16)12-19)14-3-8-18(25)9-4-14/h1-12H,13H2. The van der Waals surface area contributed by atoms with Crippen LogP contribution in [0.3, 0.4) is 0 Å². The van der Waals surface area contributed by atoms with Crippen LogP contribution in [0.15, 0.2) is 82.0 Å². The van der Waals surface area contributed by atoms with Crippen LogP contribution in [0.5, 0.6) is 5.75 Å². The van der Waals surface area contributed by atoms with E-state index in [2.05, 4.69) is 0 Å². The molecule has 0 aliphatic rings. The lowest BCUT2D eigenvalue weighted by molar-refractivity contribution is 0.0921. The predicted molar refractivity (Wildman–Crippen MR) is 109 cm³/mol. The van der Waals surface area contributed by atoms with E-state index in [-0.39, 0.29) is 18.2 Å². The smallest absolute Gasteiger partial charge is 0.344 e. The molecule has 0 saturated carbocycles. The molecule has 0 aliphatic carbocycles. The van der Waals surface area contributed by atoms with Crippen LogP contribution < -0.4 is 10.4 Å². The quantitative estimate of drug-likeness (QED) is 0.322. The fourth-order valence-electron chi connectivity index (χ4n) is 2.88. The van der Waals surface area contributed by atoms with Crippen LogP contribution in [0.2, 0.25) is 5.02 Å². The summed E-state index contributed by atoms with van der Waals surface area (Å²) in [6.45, 7) is -0.162. The first-order valence-electron chi connectivity index (χ1n) is 8.75. The summed E-state index contributed by atoms with van der Waals surface area (Å²) < 4.78 is 24.0. The molecular weight excluding hydrogens is 395 g/mol. The molecule has 4 aromatic rings. The van der Waals surface area contributed by atoms with E-state index in [4.69, 9.17) is 20.8 Å². The van der Waals surface area contributed by atoms with E-state index in [9.17, 15) is 14.0 Å². The van der Waals surface area contributed by atoms with Crippen molar-refractivity contribution in [3.05, 3.63) is 99.6 Å². The fourth-order valence-corrected chi connectivity index (χ4v) is 3.01. The van der Waals surface area contributed by atoms with E-state index in [1.165, 1.54) is 24.3 Å². The molecule has 1 aromatic heterocycles. The number of rotatable bonds is 5. The normalized spacial score (nSPS) is 10.8. The Hall–Kier alpha value is -3.44. The van der Waals surface area contributed by atoms with Crippen molar-refractivity contribution >= 4 is 28.4 Å². The Morgan fingerprint density at radius 1 is 0.966 bits per heavy atom. The molecule has 0 spiro atoms. The summed E-state index contributed by atoms with van der Waals surface area (Å²) in [5.41, 5.74) is 1.18. The highest BCUT2D eigenvalue weighted by Gasteiger charge is 2.11. The average molecular weight is 409 g/mol. The van der Waals surface area contributed by atoms with Crippen LogP contribution in [0.25, 0.3) is 22.1 Å². The van der Waals surface area contributed by atoms with Crippen LogP contribution in [-0.2, 0) is 0 Å². The van der Waals surface area contributed by atoms with Crippen LogP contribution in [0.1, 0.15) is 10.4 Å². The summed E-state index contributed by atoms with van der Waals surface area (Å²) in [5.74, 6) is -0.179. The highest BCUT2D eigenvalue weighted by Crippen LogP contribution is 2.25. The summed E-state index contributed by atoms with van der Waals surface area (Å²) >= 11 is 5.82. The summed E-state index contributed by atoms with van der Waals surface area (Å²) in [6.07, 6.45) is 0. The van der Waals surface area contributed by atoms with E-state index in [1.807, 2.05) is 0 Å². The van der Waals surface area contributed by atoms with E-state index in [0.717, 1.165) is 0 Å². The van der Waals surface area contributed by atoms with Crippen molar-refractivity contribution in [2.45, 2.75) is 0 Å². The molecule has 0 aliphatic heterocycles. The van der Waals surface area contributed by atoms with Gasteiger partial charge in [-0.05, 0) is 60.2 Å². The third kappa shape index (κ3) is 4.20. The number of benzene rings is 3. The Balaban J connectivity index is 1.55. The number of carbonyl (C=O) groups is 1. The minimum Gasteiger partial charge on any atom is -0.485 e. The maximum absolute atomic E-state index is 13.1. The molecule has 4 rings (SSSR count). The number of hydrogen-bond donors (Lipinski definition) is 0.